The topological polar surface area (TPSA) is 108 Å². The first kappa shape index (κ1) is 21.6. The summed E-state index contributed by atoms with van der Waals surface area (Å²) in [6.45, 7) is 0. The third-order valence-electron chi connectivity index (χ3n) is 4.43. The average Bonchev–Trinajstić information content (AvgIpc) is 2.79. The molecule has 0 heterocycles. The van der Waals surface area contributed by atoms with Crippen molar-refractivity contribution in [2.75, 3.05) is 5.32 Å². The number of halogens is 1. The number of benzene rings is 3. The van der Waals surface area contributed by atoms with Gasteiger partial charge in [-0.3, -0.25) is 14.9 Å². The van der Waals surface area contributed by atoms with E-state index in [-0.39, 0.29) is 28.0 Å². The standard InChI is InChI=1S/C23H17ClN4O3/c24-20-12-11-19(13-21(20)28(30)31)27-23(29)18(14-25)15-26-22(16-7-3-1-4-8-16)17-9-5-2-6-10-17/h1-13,15,22,26H,(H,27,29)/b18-15-. The quantitative estimate of drug-likeness (QED) is 0.237. The van der Waals surface area contributed by atoms with Gasteiger partial charge in [-0.1, -0.05) is 72.3 Å². The Bertz CT molecular complexity index is 1120. The van der Waals surface area contributed by atoms with Crippen LogP contribution < -0.4 is 10.6 Å². The van der Waals surface area contributed by atoms with E-state index in [1.165, 1.54) is 18.3 Å². The maximum atomic E-state index is 12.6. The van der Waals surface area contributed by atoms with Gasteiger partial charge in [0.2, 0.25) is 0 Å². The summed E-state index contributed by atoms with van der Waals surface area (Å²) >= 11 is 5.79. The van der Waals surface area contributed by atoms with E-state index in [4.69, 9.17) is 11.6 Å². The fourth-order valence-electron chi connectivity index (χ4n) is 2.92. The van der Waals surface area contributed by atoms with Crippen molar-refractivity contribution in [2.45, 2.75) is 6.04 Å². The molecule has 0 spiro atoms. The van der Waals surface area contributed by atoms with Crippen LogP contribution in [0.25, 0.3) is 0 Å². The molecule has 2 N–H and O–H groups in total. The number of carbonyl (C=O) groups excluding carboxylic acids is 1. The normalized spacial score (nSPS) is 10.9. The van der Waals surface area contributed by atoms with Crippen LogP contribution in [0.5, 0.6) is 0 Å². The molecule has 0 aliphatic rings. The van der Waals surface area contributed by atoms with Gasteiger partial charge in [0, 0.05) is 18.0 Å². The third kappa shape index (κ3) is 5.47. The lowest BCUT2D eigenvalue weighted by Crippen LogP contribution is -2.21. The summed E-state index contributed by atoms with van der Waals surface area (Å²) in [5.74, 6) is -0.702. The molecule has 0 fully saturated rings. The van der Waals surface area contributed by atoms with Crippen LogP contribution in [0.4, 0.5) is 11.4 Å². The molecule has 8 heteroatoms. The van der Waals surface area contributed by atoms with E-state index in [9.17, 15) is 20.2 Å². The lowest BCUT2D eigenvalue weighted by atomic mass is 9.99. The fraction of sp³-hybridized carbons (Fsp3) is 0.0435. The van der Waals surface area contributed by atoms with E-state index >= 15 is 0 Å². The molecule has 154 valence electrons. The van der Waals surface area contributed by atoms with Crippen LogP contribution in [0.15, 0.2) is 90.6 Å². The molecule has 0 aromatic heterocycles. The molecule has 3 aromatic carbocycles. The Kier molecular flexibility index (Phi) is 6.99. The highest BCUT2D eigenvalue weighted by Crippen LogP contribution is 2.27. The van der Waals surface area contributed by atoms with E-state index in [2.05, 4.69) is 10.6 Å². The first-order valence-corrected chi connectivity index (χ1v) is 9.59. The summed E-state index contributed by atoms with van der Waals surface area (Å²) in [6.07, 6.45) is 1.34. The Labute approximate surface area is 183 Å². The number of nitro groups is 1. The van der Waals surface area contributed by atoms with Crippen molar-refractivity contribution in [3.63, 3.8) is 0 Å². The highest BCUT2D eigenvalue weighted by atomic mass is 35.5. The molecule has 0 radical (unpaired) electrons. The van der Waals surface area contributed by atoms with Crippen molar-refractivity contribution in [3.05, 3.63) is 117 Å². The summed E-state index contributed by atoms with van der Waals surface area (Å²) in [7, 11) is 0. The molecular weight excluding hydrogens is 416 g/mol. The maximum Gasteiger partial charge on any atom is 0.289 e. The van der Waals surface area contributed by atoms with E-state index < -0.39 is 10.8 Å². The van der Waals surface area contributed by atoms with Gasteiger partial charge in [-0.15, -0.1) is 0 Å². The molecule has 0 unspecified atom stereocenters. The van der Waals surface area contributed by atoms with Crippen molar-refractivity contribution < 1.29 is 9.72 Å². The lowest BCUT2D eigenvalue weighted by molar-refractivity contribution is -0.384. The van der Waals surface area contributed by atoms with Gasteiger partial charge in [-0.25, -0.2) is 0 Å². The molecule has 0 aliphatic heterocycles. The van der Waals surface area contributed by atoms with Crippen LogP contribution in [-0.4, -0.2) is 10.8 Å². The minimum Gasteiger partial charge on any atom is -0.379 e. The summed E-state index contributed by atoms with van der Waals surface area (Å²) in [4.78, 5) is 22.9. The Balaban J connectivity index is 1.83. The molecule has 0 saturated heterocycles. The summed E-state index contributed by atoms with van der Waals surface area (Å²) in [5.41, 5.74) is 1.54. The Morgan fingerprint density at radius 1 is 1.03 bits per heavy atom. The van der Waals surface area contributed by atoms with Crippen LogP contribution in [0.3, 0.4) is 0 Å². The fourth-order valence-corrected chi connectivity index (χ4v) is 3.11. The number of anilines is 1. The summed E-state index contributed by atoms with van der Waals surface area (Å²) in [5, 5.41) is 26.1. The zero-order valence-electron chi connectivity index (χ0n) is 16.2. The molecule has 1 amide bonds. The summed E-state index contributed by atoms with van der Waals surface area (Å²) in [6, 6.07) is 24.6. The van der Waals surface area contributed by atoms with Crippen LogP contribution in [-0.2, 0) is 4.79 Å². The number of carbonyl (C=O) groups is 1. The number of nitrogens with one attached hydrogen (secondary N) is 2. The number of nitriles is 1. The predicted octanol–water partition coefficient (Wildman–Crippen LogP) is 4.97. The number of nitro benzene ring substituents is 1. The van der Waals surface area contributed by atoms with E-state index in [0.717, 1.165) is 17.2 Å². The van der Waals surface area contributed by atoms with E-state index in [0.29, 0.717) is 0 Å². The SMILES string of the molecule is N#C/C(=C/NC(c1ccccc1)c1ccccc1)C(=O)Nc1ccc(Cl)c([N+](=O)[O-])c1. The van der Waals surface area contributed by atoms with Crippen molar-refractivity contribution in [2.24, 2.45) is 0 Å². The van der Waals surface area contributed by atoms with Gasteiger partial charge in [-0.05, 0) is 23.3 Å². The molecule has 3 aromatic rings. The van der Waals surface area contributed by atoms with E-state index in [1.807, 2.05) is 66.7 Å². The average molecular weight is 433 g/mol. The van der Waals surface area contributed by atoms with Gasteiger partial charge < -0.3 is 10.6 Å². The Hall–Kier alpha value is -4.15. The molecule has 3 rings (SSSR count). The van der Waals surface area contributed by atoms with Gasteiger partial charge in [0.25, 0.3) is 11.6 Å². The van der Waals surface area contributed by atoms with Crippen molar-refractivity contribution in [3.8, 4) is 6.07 Å². The van der Waals surface area contributed by atoms with Crippen LogP contribution in [0.2, 0.25) is 5.02 Å². The van der Waals surface area contributed by atoms with Gasteiger partial charge in [-0.2, -0.15) is 5.26 Å². The third-order valence-corrected chi connectivity index (χ3v) is 4.75. The number of hydrogen-bond donors (Lipinski definition) is 2. The second-order valence-corrected chi connectivity index (χ2v) is 6.88. The van der Waals surface area contributed by atoms with Crippen LogP contribution >= 0.6 is 11.6 Å². The zero-order chi connectivity index (χ0) is 22.2. The minimum atomic E-state index is -0.702. The zero-order valence-corrected chi connectivity index (χ0v) is 16.9. The highest BCUT2D eigenvalue weighted by molar-refractivity contribution is 6.32. The second kappa shape index (κ2) is 10.1. The smallest absolute Gasteiger partial charge is 0.289 e. The second-order valence-electron chi connectivity index (χ2n) is 6.47. The maximum absolute atomic E-state index is 12.6. The van der Waals surface area contributed by atoms with Gasteiger partial charge in [0.05, 0.1) is 11.0 Å². The molecule has 0 aliphatic carbocycles. The van der Waals surface area contributed by atoms with Crippen molar-refractivity contribution in [1.29, 1.82) is 5.26 Å². The number of nitrogens with zero attached hydrogens (tertiary/aromatic N) is 2. The van der Waals surface area contributed by atoms with Gasteiger partial charge in [0.15, 0.2) is 0 Å². The largest absolute Gasteiger partial charge is 0.379 e. The van der Waals surface area contributed by atoms with Crippen molar-refractivity contribution in [1.82, 2.24) is 5.32 Å². The minimum absolute atomic E-state index is 0.0470. The first-order valence-electron chi connectivity index (χ1n) is 9.21. The van der Waals surface area contributed by atoms with Gasteiger partial charge >= 0.3 is 0 Å². The molecule has 0 bridgehead atoms. The lowest BCUT2D eigenvalue weighted by Gasteiger charge is -2.19. The van der Waals surface area contributed by atoms with Crippen LogP contribution in [0.1, 0.15) is 17.2 Å². The van der Waals surface area contributed by atoms with Gasteiger partial charge in [0.1, 0.15) is 16.7 Å². The number of hydrogen-bond acceptors (Lipinski definition) is 5. The first-order chi connectivity index (χ1) is 15.0. The molecule has 7 nitrogen and oxygen atoms in total. The molecule has 0 saturated carbocycles. The molecule has 0 atom stereocenters. The predicted molar refractivity (Wildman–Crippen MR) is 118 cm³/mol. The Morgan fingerprint density at radius 2 is 1.61 bits per heavy atom. The monoisotopic (exact) mass is 432 g/mol. The summed E-state index contributed by atoms with van der Waals surface area (Å²) < 4.78 is 0. The highest BCUT2D eigenvalue weighted by Gasteiger charge is 2.17. The molecule has 31 heavy (non-hydrogen) atoms. The van der Waals surface area contributed by atoms with Crippen LogP contribution in [0, 0.1) is 21.4 Å². The number of amides is 1. The Morgan fingerprint density at radius 3 is 2.13 bits per heavy atom. The van der Waals surface area contributed by atoms with E-state index in [1.54, 1.807) is 0 Å². The molecular formula is C23H17ClN4O3. The number of rotatable bonds is 7. The van der Waals surface area contributed by atoms with Crippen molar-refractivity contribution >= 4 is 28.9 Å².